The minimum atomic E-state index is 0.823. The standard InChI is InChI=1S/C15H15NO.CH5N/c1-11-7-8-16-10-14(11)13-6-2-4-12-5-3-9-17-15(12)13;1-2/h2,4,6-8,10H,3,5,9H2,1H3;2H2,1H3. The van der Waals surface area contributed by atoms with Crippen LogP contribution in [-0.2, 0) is 6.42 Å². The van der Waals surface area contributed by atoms with Gasteiger partial charge in [0.05, 0.1) is 6.61 Å². The number of aromatic nitrogens is 1. The first kappa shape index (κ1) is 13.6. The highest BCUT2D eigenvalue weighted by molar-refractivity contribution is 5.74. The van der Waals surface area contributed by atoms with Crippen LogP contribution in [0, 0.1) is 6.92 Å². The van der Waals surface area contributed by atoms with Crippen molar-refractivity contribution in [2.45, 2.75) is 19.8 Å². The normalized spacial score (nSPS) is 12.8. The molecule has 0 fully saturated rings. The molecule has 0 saturated heterocycles. The molecule has 100 valence electrons. The van der Waals surface area contributed by atoms with Crippen LogP contribution in [0.1, 0.15) is 17.5 Å². The lowest BCUT2D eigenvalue weighted by Crippen LogP contribution is -2.09. The van der Waals surface area contributed by atoms with Crippen molar-refractivity contribution >= 4 is 0 Å². The third-order valence-corrected chi connectivity index (χ3v) is 3.26. The maximum Gasteiger partial charge on any atom is 0.130 e. The van der Waals surface area contributed by atoms with E-state index in [0.29, 0.717) is 0 Å². The van der Waals surface area contributed by atoms with Crippen LogP contribution in [0.15, 0.2) is 36.7 Å². The monoisotopic (exact) mass is 256 g/mol. The number of hydrogen-bond acceptors (Lipinski definition) is 3. The zero-order chi connectivity index (χ0) is 13.7. The topological polar surface area (TPSA) is 48.1 Å². The molecule has 3 nitrogen and oxygen atoms in total. The lowest BCUT2D eigenvalue weighted by molar-refractivity contribution is 0.289. The number of pyridine rings is 1. The van der Waals surface area contributed by atoms with Gasteiger partial charge in [0, 0.05) is 23.5 Å². The molecule has 1 aromatic carbocycles. The number of para-hydroxylation sites is 1. The number of hydrogen-bond donors (Lipinski definition) is 1. The van der Waals surface area contributed by atoms with Crippen molar-refractivity contribution in [3.8, 4) is 16.9 Å². The van der Waals surface area contributed by atoms with Crippen LogP contribution in [0.3, 0.4) is 0 Å². The molecule has 2 heterocycles. The summed E-state index contributed by atoms with van der Waals surface area (Å²) >= 11 is 0. The summed E-state index contributed by atoms with van der Waals surface area (Å²) in [5.74, 6) is 1.05. The number of benzene rings is 1. The molecule has 0 saturated carbocycles. The summed E-state index contributed by atoms with van der Waals surface area (Å²) in [6.45, 7) is 2.93. The van der Waals surface area contributed by atoms with E-state index in [-0.39, 0.29) is 0 Å². The predicted molar refractivity (Wildman–Crippen MR) is 78.3 cm³/mol. The van der Waals surface area contributed by atoms with Crippen LogP contribution in [0.2, 0.25) is 0 Å². The van der Waals surface area contributed by atoms with Crippen LogP contribution < -0.4 is 10.5 Å². The van der Waals surface area contributed by atoms with Gasteiger partial charge in [-0.15, -0.1) is 0 Å². The van der Waals surface area contributed by atoms with Crippen molar-refractivity contribution < 1.29 is 4.74 Å². The van der Waals surface area contributed by atoms with Gasteiger partial charge in [-0.2, -0.15) is 0 Å². The number of fused-ring (bicyclic) bond motifs is 1. The summed E-state index contributed by atoms with van der Waals surface area (Å²) in [5.41, 5.74) is 9.40. The van der Waals surface area contributed by atoms with Gasteiger partial charge in [-0.05, 0) is 44.0 Å². The van der Waals surface area contributed by atoms with Crippen LogP contribution in [0.5, 0.6) is 5.75 Å². The van der Waals surface area contributed by atoms with Gasteiger partial charge in [0.15, 0.2) is 0 Å². The van der Waals surface area contributed by atoms with Crippen molar-refractivity contribution in [3.05, 3.63) is 47.8 Å². The van der Waals surface area contributed by atoms with Crippen LogP contribution in [0.25, 0.3) is 11.1 Å². The Morgan fingerprint density at radius 3 is 2.79 bits per heavy atom. The highest BCUT2D eigenvalue weighted by Crippen LogP contribution is 2.36. The van der Waals surface area contributed by atoms with Crippen molar-refractivity contribution in [3.63, 3.8) is 0 Å². The Kier molecular flexibility index (Phi) is 4.53. The zero-order valence-corrected chi connectivity index (χ0v) is 11.5. The number of aryl methyl sites for hydroxylation is 2. The van der Waals surface area contributed by atoms with Gasteiger partial charge in [0.1, 0.15) is 5.75 Å². The molecule has 1 aliphatic rings. The smallest absolute Gasteiger partial charge is 0.130 e. The van der Waals surface area contributed by atoms with E-state index < -0.39 is 0 Å². The van der Waals surface area contributed by atoms with E-state index in [9.17, 15) is 0 Å². The largest absolute Gasteiger partial charge is 0.493 e. The SMILES string of the molecule is CN.Cc1ccncc1-c1cccc2c1OCCC2. The van der Waals surface area contributed by atoms with Gasteiger partial charge >= 0.3 is 0 Å². The predicted octanol–water partition coefficient (Wildman–Crippen LogP) is 2.96. The first-order valence-corrected chi connectivity index (χ1v) is 6.59. The lowest BCUT2D eigenvalue weighted by atomic mass is 9.96. The van der Waals surface area contributed by atoms with Crippen molar-refractivity contribution in [2.75, 3.05) is 13.7 Å². The second kappa shape index (κ2) is 6.34. The van der Waals surface area contributed by atoms with Crippen LogP contribution in [0.4, 0.5) is 0 Å². The Balaban J connectivity index is 0.000000637. The fourth-order valence-electron chi connectivity index (χ4n) is 2.35. The molecule has 19 heavy (non-hydrogen) atoms. The van der Waals surface area contributed by atoms with Gasteiger partial charge in [0.2, 0.25) is 0 Å². The molecule has 1 aromatic heterocycles. The van der Waals surface area contributed by atoms with E-state index in [1.165, 1.54) is 29.3 Å². The summed E-state index contributed by atoms with van der Waals surface area (Å²) in [4.78, 5) is 4.22. The molecular formula is C16H20N2O. The zero-order valence-electron chi connectivity index (χ0n) is 11.5. The highest BCUT2D eigenvalue weighted by atomic mass is 16.5. The lowest BCUT2D eigenvalue weighted by Gasteiger charge is -2.20. The molecule has 0 bridgehead atoms. The molecule has 0 unspecified atom stereocenters. The molecule has 0 aliphatic carbocycles. The first-order chi connectivity index (χ1) is 9.36. The maximum absolute atomic E-state index is 5.84. The molecule has 0 atom stereocenters. The van der Waals surface area contributed by atoms with E-state index >= 15 is 0 Å². The summed E-state index contributed by atoms with van der Waals surface area (Å²) in [6, 6.07) is 8.42. The summed E-state index contributed by atoms with van der Waals surface area (Å²) in [5, 5.41) is 0. The minimum Gasteiger partial charge on any atom is -0.493 e. The first-order valence-electron chi connectivity index (χ1n) is 6.59. The van der Waals surface area contributed by atoms with Gasteiger partial charge < -0.3 is 10.5 Å². The molecule has 2 N–H and O–H groups in total. The van der Waals surface area contributed by atoms with E-state index in [0.717, 1.165) is 25.2 Å². The summed E-state index contributed by atoms with van der Waals surface area (Å²) < 4.78 is 5.84. The van der Waals surface area contributed by atoms with E-state index in [1.807, 2.05) is 18.5 Å². The number of ether oxygens (including phenoxy) is 1. The third-order valence-electron chi connectivity index (χ3n) is 3.26. The maximum atomic E-state index is 5.84. The Morgan fingerprint density at radius 2 is 2.00 bits per heavy atom. The van der Waals surface area contributed by atoms with E-state index in [4.69, 9.17) is 4.74 Å². The minimum absolute atomic E-state index is 0.823. The second-order valence-corrected chi connectivity index (χ2v) is 4.44. The Hall–Kier alpha value is -1.87. The van der Waals surface area contributed by atoms with Crippen LogP contribution in [-0.4, -0.2) is 18.6 Å². The van der Waals surface area contributed by atoms with E-state index in [1.54, 1.807) is 0 Å². The second-order valence-electron chi connectivity index (χ2n) is 4.44. The average Bonchev–Trinajstić information content (AvgIpc) is 2.49. The molecule has 0 amide bonds. The van der Waals surface area contributed by atoms with Gasteiger partial charge in [-0.3, -0.25) is 4.98 Å². The number of rotatable bonds is 1. The molecular weight excluding hydrogens is 236 g/mol. The van der Waals surface area contributed by atoms with Crippen molar-refractivity contribution in [1.29, 1.82) is 0 Å². The van der Waals surface area contributed by atoms with Crippen molar-refractivity contribution in [1.82, 2.24) is 4.98 Å². The molecule has 0 radical (unpaired) electrons. The summed E-state index contributed by atoms with van der Waals surface area (Å²) in [6.07, 6.45) is 5.98. The molecule has 3 rings (SSSR count). The molecule has 0 spiro atoms. The van der Waals surface area contributed by atoms with Crippen molar-refractivity contribution in [2.24, 2.45) is 5.73 Å². The fourth-order valence-corrected chi connectivity index (χ4v) is 2.35. The van der Waals surface area contributed by atoms with Gasteiger partial charge in [-0.1, -0.05) is 18.2 Å². The summed E-state index contributed by atoms with van der Waals surface area (Å²) in [7, 11) is 1.50. The number of nitrogens with two attached hydrogens (primary N) is 1. The van der Waals surface area contributed by atoms with Crippen LogP contribution >= 0.6 is 0 Å². The quantitative estimate of drug-likeness (QED) is 0.853. The Bertz CT molecular complexity index is 552. The Labute approximate surface area is 114 Å². The third kappa shape index (κ3) is 2.76. The molecule has 3 heteroatoms. The Morgan fingerprint density at radius 1 is 1.16 bits per heavy atom. The molecule has 1 aliphatic heterocycles. The van der Waals surface area contributed by atoms with E-state index in [2.05, 4.69) is 35.8 Å². The highest BCUT2D eigenvalue weighted by Gasteiger charge is 2.16. The molecule has 2 aromatic rings. The average molecular weight is 256 g/mol. The van der Waals surface area contributed by atoms with Gasteiger partial charge in [-0.25, -0.2) is 0 Å². The van der Waals surface area contributed by atoms with Gasteiger partial charge in [0.25, 0.3) is 0 Å². The number of nitrogens with zero attached hydrogens (tertiary/aromatic N) is 1. The fraction of sp³-hybridized carbons (Fsp3) is 0.312.